The van der Waals surface area contributed by atoms with Gasteiger partial charge in [-0.2, -0.15) is 0 Å². The average Bonchev–Trinajstić information content (AvgIpc) is 3.00. The van der Waals surface area contributed by atoms with Gasteiger partial charge in [0.25, 0.3) is 0 Å². The van der Waals surface area contributed by atoms with Crippen molar-refractivity contribution < 1.29 is 0 Å². The Bertz CT molecular complexity index is 718. The molecule has 2 N–H and O–H groups in total. The number of nitrogens with two attached hydrogens (primary N) is 1. The Morgan fingerprint density at radius 2 is 1.42 bits per heavy atom. The van der Waals surface area contributed by atoms with Crippen molar-refractivity contribution in [2.75, 3.05) is 5.73 Å². The lowest BCUT2D eigenvalue weighted by Gasteiger charge is -2.08. The Labute approximate surface area is 114 Å². The highest BCUT2D eigenvalue weighted by Crippen LogP contribution is 2.48. The zero-order valence-electron chi connectivity index (χ0n) is 10.1. The zero-order chi connectivity index (χ0) is 12.8. The van der Waals surface area contributed by atoms with E-state index in [1.165, 1.54) is 33.6 Å². The van der Waals surface area contributed by atoms with Gasteiger partial charge in [0.05, 0.1) is 5.92 Å². The van der Waals surface area contributed by atoms with Crippen molar-refractivity contribution in [3.05, 3.63) is 64.7 Å². The maximum absolute atomic E-state index is 5.73. The van der Waals surface area contributed by atoms with E-state index in [0.29, 0.717) is 5.13 Å². The largest absolute Gasteiger partial charge is 0.374 e. The van der Waals surface area contributed by atoms with Crippen molar-refractivity contribution in [1.29, 1.82) is 0 Å². The van der Waals surface area contributed by atoms with E-state index in [2.05, 4.69) is 58.7 Å². The van der Waals surface area contributed by atoms with Gasteiger partial charge < -0.3 is 5.73 Å². The Morgan fingerprint density at radius 3 is 1.95 bits per heavy atom. The summed E-state index contributed by atoms with van der Waals surface area (Å²) in [6, 6.07) is 17.0. The zero-order valence-corrected chi connectivity index (χ0v) is 10.9. The van der Waals surface area contributed by atoms with E-state index in [1.54, 1.807) is 0 Å². The first kappa shape index (κ1) is 10.7. The summed E-state index contributed by atoms with van der Waals surface area (Å²) in [4.78, 5) is 0. The summed E-state index contributed by atoms with van der Waals surface area (Å²) in [6.45, 7) is 0. The molecule has 0 saturated heterocycles. The van der Waals surface area contributed by atoms with E-state index in [-0.39, 0.29) is 5.92 Å². The van der Waals surface area contributed by atoms with Crippen LogP contribution in [0.15, 0.2) is 48.5 Å². The molecular weight excluding hydrogens is 254 g/mol. The molecule has 0 unspecified atom stereocenters. The van der Waals surface area contributed by atoms with Crippen LogP contribution in [0, 0.1) is 0 Å². The van der Waals surface area contributed by atoms with Crippen molar-refractivity contribution >= 4 is 16.5 Å². The van der Waals surface area contributed by atoms with Crippen molar-refractivity contribution in [3.63, 3.8) is 0 Å². The average molecular weight is 265 g/mol. The highest BCUT2D eigenvalue weighted by atomic mass is 32.1. The maximum atomic E-state index is 5.73. The van der Waals surface area contributed by atoms with Crippen LogP contribution in [0.3, 0.4) is 0 Å². The fourth-order valence-corrected chi connectivity index (χ4v) is 3.53. The molecule has 1 aliphatic rings. The van der Waals surface area contributed by atoms with Crippen LogP contribution >= 0.6 is 11.3 Å². The van der Waals surface area contributed by atoms with E-state index < -0.39 is 0 Å². The minimum Gasteiger partial charge on any atom is -0.374 e. The number of benzene rings is 2. The molecule has 92 valence electrons. The van der Waals surface area contributed by atoms with Gasteiger partial charge in [0.15, 0.2) is 0 Å². The van der Waals surface area contributed by atoms with Crippen LogP contribution in [0.25, 0.3) is 11.1 Å². The SMILES string of the molecule is Nc1nnc(C2c3ccccc3-c3ccccc32)s1. The number of rotatable bonds is 1. The predicted octanol–water partition coefficient (Wildman–Crippen LogP) is 3.28. The van der Waals surface area contributed by atoms with Gasteiger partial charge in [-0.25, -0.2) is 0 Å². The molecule has 0 atom stereocenters. The summed E-state index contributed by atoms with van der Waals surface area (Å²) in [5, 5.41) is 9.68. The third kappa shape index (κ3) is 1.50. The summed E-state index contributed by atoms with van der Waals surface area (Å²) in [7, 11) is 0. The number of nitrogen functional groups attached to an aromatic ring is 1. The molecule has 0 spiro atoms. The van der Waals surface area contributed by atoms with Gasteiger partial charge in [0.1, 0.15) is 5.01 Å². The standard InChI is InChI=1S/C15H11N3S/c16-15-18-17-14(19-15)13-11-7-3-1-5-9(11)10-6-2-4-8-12(10)13/h1-8,13H,(H2,16,18). The molecule has 0 saturated carbocycles. The number of aromatic nitrogens is 2. The molecular formula is C15H11N3S. The molecule has 2 aromatic carbocycles. The van der Waals surface area contributed by atoms with E-state index in [9.17, 15) is 0 Å². The highest BCUT2D eigenvalue weighted by Gasteiger charge is 2.31. The summed E-state index contributed by atoms with van der Waals surface area (Å²) in [5.41, 5.74) is 10.9. The molecule has 3 nitrogen and oxygen atoms in total. The van der Waals surface area contributed by atoms with Gasteiger partial charge in [-0.3, -0.25) is 0 Å². The van der Waals surface area contributed by atoms with E-state index in [1.807, 2.05) is 0 Å². The van der Waals surface area contributed by atoms with Crippen molar-refractivity contribution in [2.24, 2.45) is 0 Å². The molecule has 0 fully saturated rings. The third-order valence-corrected chi connectivity index (χ3v) is 4.35. The molecule has 4 heteroatoms. The summed E-state index contributed by atoms with van der Waals surface area (Å²) in [6.07, 6.45) is 0. The van der Waals surface area contributed by atoms with Crippen LogP contribution in [-0.4, -0.2) is 10.2 Å². The van der Waals surface area contributed by atoms with Crippen LogP contribution in [0.1, 0.15) is 22.1 Å². The lowest BCUT2D eigenvalue weighted by molar-refractivity contribution is 0.929. The summed E-state index contributed by atoms with van der Waals surface area (Å²) >= 11 is 1.47. The second-order valence-corrected chi connectivity index (χ2v) is 5.63. The van der Waals surface area contributed by atoms with Crippen LogP contribution in [0.2, 0.25) is 0 Å². The molecule has 1 heterocycles. The highest BCUT2D eigenvalue weighted by molar-refractivity contribution is 7.15. The minimum atomic E-state index is 0.169. The quantitative estimate of drug-likeness (QED) is 0.574. The lowest BCUT2D eigenvalue weighted by Crippen LogP contribution is -1.98. The minimum absolute atomic E-state index is 0.169. The first-order chi connectivity index (χ1) is 9.34. The maximum Gasteiger partial charge on any atom is 0.203 e. The number of anilines is 1. The lowest BCUT2D eigenvalue weighted by atomic mass is 9.98. The van der Waals surface area contributed by atoms with E-state index in [4.69, 9.17) is 5.73 Å². The van der Waals surface area contributed by atoms with Crippen LogP contribution in [-0.2, 0) is 0 Å². The fraction of sp³-hybridized carbons (Fsp3) is 0.0667. The summed E-state index contributed by atoms with van der Waals surface area (Å²) < 4.78 is 0. The van der Waals surface area contributed by atoms with Gasteiger partial charge >= 0.3 is 0 Å². The van der Waals surface area contributed by atoms with Crippen molar-refractivity contribution in [3.8, 4) is 11.1 Å². The smallest absolute Gasteiger partial charge is 0.203 e. The third-order valence-electron chi connectivity index (χ3n) is 3.54. The number of hydrogen-bond acceptors (Lipinski definition) is 4. The van der Waals surface area contributed by atoms with Gasteiger partial charge in [0, 0.05) is 0 Å². The Morgan fingerprint density at radius 1 is 0.842 bits per heavy atom. The Balaban J connectivity index is 2.01. The molecule has 19 heavy (non-hydrogen) atoms. The second-order valence-electron chi connectivity index (χ2n) is 4.59. The molecule has 0 amide bonds. The molecule has 0 radical (unpaired) electrons. The second kappa shape index (κ2) is 3.90. The normalized spacial score (nSPS) is 13.3. The fourth-order valence-electron chi connectivity index (χ4n) is 2.78. The van der Waals surface area contributed by atoms with Crippen LogP contribution in [0.5, 0.6) is 0 Å². The molecule has 0 bridgehead atoms. The number of nitrogens with zero attached hydrogens (tertiary/aromatic N) is 2. The van der Waals surface area contributed by atoms with Crippen LogP contribution < -0.4 is 5.73 Å². The van der Waals surface area contributed by atoms with E-state index >= 15 is 0 Å². The van der Waals surface area contributed by atoms with Gasteiger partial charge in [-0.05, 0) is 22.3 Å². The molecule has 4 rings (SSSR count). The molecule has 1 aliphatic carbocycles. The summed E-state index contributed by atoms with van der Waals surface area (Å²) in [5.74, 6) is 0.169. The van der Waals surface area contributed by atoms with Crippen LogP contribution in [0.4, 0.5) is 5.13 Å². The monoisotopic (exact) mass is 265 g/mol. The first-order valence-electron chi connectivity index (χ1n) is 6.11. The predicted molar refractivity (Wildman–Crippen MR) is 77.1 cm³/mol. The number of hydrogen-bond donors (Lipinski definition) is 1. The van der Waals surface area contributed by atoms with Gasteiger partial charge in [0.2, 0.25) is 5.13 Å². The molecule has 3 aromatic rings. The van der Waals surface area contributed by atoms with Crippen molar-refractivity contribution in [2.45, 2.75) is 5.92 Å². The van der Waals surface area contributed by atoms with Gasteiger partial charge in [-0.1, -0.05) is 59.9 Å². The van der Waals surface area contributed by atoms with E-state index in [0.717, 1.165) is 5.01 Å². The Hall–Kier alpha value is -2.20. The Kier molecular flexibility index (Phi) is 2.19. The molecule has 0 aliphatic heterocycles. The first-order valence-corrected chi connectivity index (χ1v) is 6.93. The van der Waals surface area contributed by atoms with Gasteiger partial charge in [-0.15, -0.1) is 10.2 Å². The topological polar surface area (TPSA) is 51.8 Å². The molecule has 1 aromatic heterocycles. The van der Waals surface area contributed by atoms with Crippen molar-refractivity contribution in [1.82, 2.24) is 10.2 Å². The number of fused-ring (bicyclic) bond motifs is 3.